The fourth-order valence-electron chi connectivity index (χ4n) is 2.77. The summed E-state index contributed by atoms with van der Waals surface area (Å²) < 4.78 is 32.7. The van der Waals surface area contributed by atoms with E-state index < -0.39 is 22.5 Å². The molecule has 0 fully saturated rings. The highest BCUT2D eigenvalue weighted by atomic mass is 35.5. The molecular weight excluding hydrogens is 509 g/mol. The summed E-state index contributed by atoms with van der Waals surface area (Å²) in [6.07, 6.45) is 1.28. The largest absolute Gasteiger partial charge is 0.497 e. The van der Waals surface area contributed by atoms with E-state index in [-0.39, 0.29) is 10.6 Å². The number of benzene rings is 3. The van der Waals surface area contributed by atoms with Crippen LogP contribution < -0.4 is 14.5 Å². The zero-order chi connectivity index (χ0) is 24.0. The van der Waals surface area contributed by atoms with Gasteiger partial charge < -0.3 is 4.74 Å². The lowest BCUT2D eigenvalue weighted by Crippen LogP contribution is -2.39. The first-order chi connectivity index (χ1) is 15.7. The number of sulfonamides is 1. The maximum absolute atomic E-state index is 13.3. The molecule has 0 bridgehead atoms. The number of carbonyl (C=O) groups excluding carboxylic acids is 1. The van der Waals surface area contributed by atoms with Crippen molar-refractivity contribution in [2.24, 2.45) is 5.10 Å². The van der Waals surface area contributed by atoms with Gasteiger partial charge in [-0.3, -0.25) is 9.10 Å². The average Bonchev–Trinajstić information content (AvgIpc) is 2.80. The number of methoxy groups -OCH3 is 1. The van der Waals surface area contributed by atoms with Crippen LogP contribution in [0.25, 0.3) is 0 Å². The van der Waals surface area contributed by atoms with E-state index in [9.17, 15) is 13.2 Å². The third kappa shape index (κ3) is 6.17. The second-order valence-corrected chi connectivity index (χ2v) is 9.71. The molecule has 11 heteroatoms. The number of anilines is 1. The third-order valence-electron chi connectivity index (χ3n) is 4.43. The zero-order valence-corrected chi connectivity index (χ0v) is 20.3. The average molecular weight is 527 g/mol. The van der Waals surface area contributed by atoms with Gasteiger partial charge in [-0.25, -0.2) is 13.8 Å². The minimum Gasteiger partial charge on any atom is -0.497 e. The Bertz CT molecular complexity index is 1240. The third-order valence-corrected chi connectivity index (χ3v) is 7.13. The molecule has 3 rings (SSSR count). The summed E-state index contributed by atoms with van der Waals surface area (Å²) in [5, 5.41) is 4.98. The Kier molecular flexibility index (Phi) is 8.20. The highest BCUT2D eigenvalue weighted by Gasteiger charge is 2.27. The lowest BCUT2D eigenvalue weighted by molar-refractivity contribution is -0.119. The highest BCUT2D eigenvalue weighted by molar-refractivity contribution is 7.92. The second kappa shape index (κ2) is 10.9. The monoisotopic (exact) mass is 525 g/mol. The van der Waals surface area contributed by atoms with Crippen molar-refractivity contribution in [2.75, 3.05) is 18.0 Å². The van der Waals surface area contributed by atoms with Gasteiger partial charge in [-0.05, 0) is 60.7 Å². The van der Waals surface area contributed by atoms with Crippen molar-refractivity contribution in [1.29, 1.82) is 0 Å². The molecule has 0 spiro atoms. The zero-order valence-electron chi connectivity index (χ0n) is 17.2. The molecule has 3 aromatic carbocycles. The normalized spacial score (nSPS) is 11.4. The number of rotatable bonds is 8. The number of ether oxygens (including phenoxy) is 1. The van der Waals surface area contributed by atoms with Crippen LogP contribution in [0.1, 0.15) is 5.56 Å². The topological polar surface area (TPSA) is 88.1 Å². The van der Waals surface area contributed by atoms with Gasteiger partial charge in [0.05, 0.1) is 34.0 Å². The van der Waals surface area contributed by atoms with Crippen LogP contribution in [0, 0.1) is 0 Å². The quantitative estimate of drug-likeness (QED) is 0.330. The first-order valence-electron chi connectivity index (χ1n) is 9.40. The van der Waals surface area contributed by atoms with E-state index in [0.29, 0.717) is 26.4 Å². The number of halogens is 3. The van der Waals surface area contributed by atoms with Gasteiger partial charge in [0.25, 0.3) is 15.9 Å². The number of carbonyl (C=O) groups is 1. The number of nitrogens with zero attached hydrogens (tertiary/aromatic N) is 2. The maximum atomic E-state index is 13.3. The van der Waals surface area contributed by atoms with Gasteiger partial charge in [-0.15, -0.1) is 0 Å². The van der Waals surface area contributed by atoms with Crippen molar-refractivity contribution < 1.29 is 17.9 Å². The molecule has 3 aromatic rings. The van der Waals surface area contributed by atoms with E-state index in [2.05, 4.69) is 10.5 Å². The van der Waals surface area contributed by atoms with Crippen molar-refractivity contribution in [3.05, 3.63) is 87.4 Å². The predicted octanol–water partition coefficient (Wildman–Crippen LogP) is 5.00. The van der Waals surface area contributed by atoms with Gasteiger partial charge in [0.1, 0.15) is 12.3 Å². The van der Waals surface area contributed by atoms with Crippen molar-refractivity contribution in [1.82, 2.24) is 5.43 Å². The Morgan fingerprint density at radius 3 is 2.18 bits per heavy atom. The summed E-state index contributed by atoms with van der Waals surface area (Å²) in [7, 11) is -2.62. The molecule has 0 radical (unpaired) electrons. The summed E-state index contributed by atoms with van der Waals surface area (Å²) in [5.41, 5.74) is 2.97. The van der Waals surface area contributed by atoms with Crippen LogP contribution in [-0.4, -0.2) is 34.2 Å². The number of hydrazone groups is 1. The van der Waals surface area contributed by atoms with Crippen molar-refractivity contribution in [2.45, 2.75) is 4.90 Å². The van der Waals surface area contributed by atoms with Crippen molar-refractivity contribution >= 4 is 62.6 Å². The molecule has 172 valence electrons. The van der Waals surface area contributed by atoms with Crippen LogP contribution in [0.2, 0.25) is 15.1 Å². The van der Waals surface area contributed by atoms with Crippen molar-refractivity contribution in [3.63, 3.8) is 0 Å². The molecule has 0 saturated carbocycles. The van der Waals surface area contributed by atoms with E-state index in [4.69, 9.17) is 39.5 Å². The molecule has 0 aliphatic rings. The molecule has 0 aliphatic carbocycles. The van der Waals surface area contributed by atoms with Crippen LogP contribution in [0.4, 0.5) is 5.69 Å². The molecule has 7 nitrogen and oxygen atoms in total. The van der Waals surface area contributed by atoms with E-state index in [1.165, 1.54) is 61.9 Å². The molecule has 0 saturated heterocycles. The molecular formula is C22H18Cl3N3O4S. The fraction of sp³-hybridized carbons (Fsp3) is 0.0909. The van der Waals surface area contributed by atoms with E-state index in [1.54, 1.807) is 18.2 Å². The molecule has 33 heavy (non-hydrogen) atoms. The van der Waals surface area contributed by atoms with Crippen LogP contribution in [0.5, 0.6) is 5.75 Å². The number of hydrogen-bond acceptors (Lipinski definition) is 5. The summed E-state index contributed by atoms with van der Waals surface area (Å²) in [6.45, 7) is -0.538. The van der Waals surface area contributed by atoms with Gasteiger partial charge in [-0.2, -0.15) is 5.10 Å². The number of nitrogens with one attached hydrogen (secondary N) is 1. The fourth-order valence-corrected chi connectivity index (χ4v) is 4.81. The molecule has 0 atom stereocenters. The minimum atomic E-state index is -4.10. The van der Waals surface area contributed by atoms with E-state index in [0.717, 1.165) is 4.31 Å². The van der Waals surface area contributed by atoms with Crippen LogP contribution in [0.15, 0.2) is 76.7 Å². The lowest BCUT2D eigenvalue weighted by atomic mass is 10.2. The van der Waals surface area contributed by atoms with Gasteiger partial charge in [0, 0.05) is 10.6 Å². The summed E-state index contributed by atoms with van der Waals surface area (Å²) in [5.74, 6) is -0.182. The SMILES string of the molecule is COc1ccc(S(=O)(=O)N(CC(=O)N/N=C\c2c(Cl)cccc2Cl)c2ccc(Cl)cc2)cc1. The smallest absolute Gasteiger partial charge is 0.264 e. The Morgan fingerprint density at radius 1 is 1.00 bits per heavy atom. The summed E-state index contributed by atoms with van der Waals surface area (Å²) in [6, 6.07) is 16.8. The Hall–Kier alpha value is -2.78. The Balaban J connectivity index is 1.86. The summed E-state index contributed by atoms with van der Waals surface area (Å²) >= 11 is 18.1. The van der Waals surface area contributed by atoms with Gasteiger partial charge in [-0.1, -0.05) is 40.9 Å². The van der Waals surface area contributed by atoms with Crippen molar-refractivity contribution in [3.8, 4) is 5.75 Å². The van der Waals surface area contributed by atoms with Crippen LogP contribution in [-0.2, 0) is 14.8 Å². The van der Waals surface area contributed by atoms with Crippen LogP contribution >= 0.6 is 34.8 Å². The Morgan fingerprint density at radius 2 is 1.61 bits per heavy atom. The predicted molar refractivity (Wildman–Crippen MR) is 131 cm³/mol. The minimum absolute atomic E-state index is 0.0163. The lowest BCUT2D eigenvalue weighted by Gasteiger charge is -2.23. The molecule has 1 N–H and O–H groups in total. The summed E-state index contributed by atoms with van der Waals surface area (Å²) in [4.78, 5) is 12.6. The first kappa shape index (κ1) is 24.9. The van der Waals surface area contributed by atoms with Gasteiger partial charge in [0.15, 0.2) is 0 Å². The van der Waals surface area contributed by atoms with Gasteiger partial charge in [0.2, 0.25) is 0 Å². The van der Waals surface area contributed by atoms with Crippen LogP contribution in [0.3, 0.4) is 0 Å². The first-order valence-corrected chi connectivity index (χ1v) is 12.0. The molecule has 0 heterocycles. The van der Waals surface area contributed by atoms with Gasteiger partial charge >= 0.3 is 0 Å². The highest BCUT2D eigenvalue weighted by Crippen LogP contribution is 2.26. The molecule has 0 aliphatic heterocycles. The number of hydrogen-bond donors (Lipinski definition) is 1. The van der Waals surface area contributed by atoms with E-state index in [1.807, 2.05) is 0 Å². The van der Waals surface area contributed by atoms with E-state index >= 15 is 0 Å². The maximum Gasteiger partial charge on any atom is 0.264 e. The standard InChI is InChI=1S/C22H18Cl3N3O4S/c1-32-17-9-11-18(12-10-17)33(30,31)28(16-7-5-15(23)6-8-16)14-22(29)27-26-13-19-20(24)3-2-4-21(19)25/h2-13H,14H2,1H3,(H,27,29)/b26-13-. The molecule has 0 aromatic heterocycles. The second-order valence-electron chi connectivity index (χ2n) is 6.59. The Labute approximate surface area is 206 Å². The number of amides is 1. The molecule has 1 amide bonds. The molecule has 0 unspecified atom stereocenters.